The number of nitrogens with zero attached hydrogens (tertiary/aromatic N) is 5. The number of aromatic nitrogens is 5. The van der Waals surface area contributed by atoms with E-state index in [2.05, 4.69) is 27.1 Å². The second-order valence-electron chi connectivity index (χ2n) is 8.03. The first-order valence-corrected chi connectivity index (χ1v) is 14.1. The van der Waals surface area contributed by atoms with Crippen LogP contribution in [0.1, 0.15) is 5.56 Å². The molecule has 0 spiro atoms. The van der Waals surface area contributed by atoms with Crippen molar-refractivity contribution in [2.24, 2.45) is 0 Å². The van der Waals surface area contributed by atoms with E-state index in [0.29, 0.717) is 38.3 Å². The summed E-state index contributed by atoms with van der Waals surface area (Å²) in [5.41, 5.74) is 3.00. The highest BCUT2D eigenvalue weighted by molar-refractivity contribution is 7.99. The number of fused-ring (bicyclic) bond motifs is 3. The van der Waals surface area contributed by atoms with Gasteiger partial charge in [0.15, 0.2) is 10.3 Å². The Morgan fingerprint density at radius 1 is 1.08 bits per heavy atom. The second kappa shape index (κ2) is 10.7. The number of H-pyrrole nitrogens is 1. The molecule has 5 aromatic rings. The van der Waals surface area contributed by atoms with Crippen molar-refractivity contribution in [3.63, 3.8) is 0 Å². The average Bonchev–Trinajstić information content (AvgIpc) is 3.25. The van der Waals surface area contributed by atoms with Gasteiger partial charge in [-0.1, -0.05) is 42.1 Å². The number of aromatic amines is 1. The zero-order chi connectivity index (χ0) is 25.2. The average molecular weight is 536 g/mol. The SMILES string of the molecule is CSc1ncc(Sc2nc(SCc3ccccc3)c3c(n2)[nH]c2c(N(C)B(C)O)cc(F)cc23)cn1. The number of anilines is 1. The highest BCUT2D eigenvalue weighted by Gasteiger charge is 2.22. The quantitative estimate of drug-likeness (QED) is 0.111. The van der Waals surface area contributed by atoms with Gasteiger partial charge in [-0.3, -0.25) is 0 Å². The van der Waals surface area contributed by atoms with Crippen LogP contribution in [-0.2, 0) is 5.75 Å². The molecule has 0 atom stereocenters. The minimum atomic E-state index is -0.796. The first-order valence-electron chi connectivity index (χ1n) is 11.1. The third-order valence-corrected chi connectivity index (χ3v) is 8.04. The molecule has 0 bridgehead atoms. The van der Waals surface area contributed by atoms with E-state index in [4.69, 9.17) is 9.97 Å². The number of rotatable bonds is 8. The first-order chi connectivity index (χ1) is 17.4. The Balaban J connectivity index is 1.64. The van der Waals surface area contributed by atoms with Crippen LogP contribution in [0.2, 0.25) is 6.82 Å². The summed E-state index contributed by atoms with van der Waals surface area (Å²) in [4.78, 5) is 24.1. The highest BCUT2D eigenvalue weighted by atomic mass is 32.2. The zero-order valence-corrected chi connectivity index (χ0v) is 22.2. The summed E-state index contributed by atoms with van der Waals surface area (Å²) in [5.74, 6) is 0.305. The van der Waals surface area contributed by atoms with Crippen molar-refractivity contribution in [1.29, 1.82) is 0 Å². The molecular weight excluding hydrogens is 514 g/mol. The minimum absolute atomic E-state index is 0.394. The van der Waals surface area contributed by atoms with E-state index in [0.717, 1.165) is 20.9 Å². The summed E-state index contributed by atoms with van der Waals surface area (Å²) in [7, 11) is 0.926. The lowest BCUT2D eigenvalue weighted by atomic mass is 9.85. The summed E-state index contributed by atoms with van der Waals surface area (Å²) in [6.07, 6.45) is 5.44. The van der Waals surface area contributed by atoms with Crippen molar-refractivity contribution in [3.05, 3.63) is 66.2 Å². The van der Waals surface area contributed by atoms with Crippen LogP contribution in [0.3, 0.4) is 0 Å². The van der Waals surface area contributed by atoms with Crippen LogP contribution in [0.25, 0.3) is 21.9 Å². The highest BCUT2D eigenvalue weighted by Crippen LogP contribution is 2.39. The predicted octanol–water partition coefficient (Wildman–Crippen LogP) is 5.75. The van der Waals surface area contributed by atoms with Gasteiger partial charge in [-0.2, -0.15) is 0 Å². The van der Waals surface area contributed by atoms with E-state index in [1.165, 1.54) is 35.7 Å². The van der Waals surface area contributed by atoms with Crippen LogP contribution >= 0.6 is 35.3 Å². The number of hydrogen-bond acceptors (Lipinski definition) is 9. The fourth-order valence-electron chi connectivity index (χ4n) is 3.72. The molecule has 0 saturated carbocycles. The topological polar surface area (TPSA) is 90.8 Å². The Morgan fingerprint density at radius 2 is 1.83 bits per heavy atom. The number of benzene rings is 2. The molecule has 3 aromatic heterocycles. The number of thioether (sulfide) groups is 2. The molecule has 3 heterocycles. The monoisotopic (exact) mass is 536 g/mol. The summed E-state index contributed by atoms with van der Waals surface area (Å²) < 4.78 is 14.7. The maximum atomic E-state index is 14.7. The lowest BCUT2D eigenvalue weighted by molar-refractivity contribution is 0.575. The van der Waals surface area contributed by atoms with Crippen molar-refractivity contribution >= 4 is 70.0 Å². The lowest BCUT2D eigenvalue weighted by Gasteiger charge is -2.20. The second-order valence-corrected chi connectivity index (χ2v) is 10.8. The molecule has 0 fully saturated rings. The van der Waals surface area contributed by atoms with Crippen LogP contribution < -0.4 is 4.81 Å². The van der Waals surface area contributed by atoms with Gasteiger partial charge in [0.1, 0.15) is 16.5 Å². The largest absolute Gasteiger partial charge is 0.432 e. The van der Waals surface area contributed by atoms with Gasteiger partial charge in [0.2, 0.25) is 0 Å². The van der Waals surface area contributed by atoms with Gasteiger partial charge >= 0.3 is 7.05 Å². The smallest absolute Gasteiger partial charge is 0.409 e. The molecule has 182 valence electrons. The maximum absolute atomic E-state index is 14.7. The summed E-state index contributed by atoms with van der Waals surface area (Å²) >= 11 is 4.43. The molecule has 12 heteroatoms. The van der Waals surface area contributed by atoms with E-state index in [9.17, 15) is 9.41 Å². The summed E-state index contributed by atoms with van der Waals surface area (Å²) in [6.45, 7) is 1.64. The molecule has 0 aliphatic heterocycles. The standard InChI is InChI=1S/C24H22BFN6OS3/c1-25(33)32(2)18-10-15(26)9-17-19-21(29-20(17)18)30-24(36-16-11-27-23(34-3)28-12-16)31-22(19)35-13-14-7-5-4-6-8-14/h4-12,33H,13H2,1-3H3,(H,29,30,31). The fourth-order valence-corrected chi connectivity index (χ4v) is 5.78. The van der Waals surface area contributed by atoms with Crippen molar-refractivity contribution in [2.45, 2.75) is 32.8 Å². The van der Waals surface area contributed by atoms with Gasteiger partial charge in [-0.15, -0.1) is 11.8 Å². The molecule has 36 heavy (non-hydrogen) atoms. The van der Waals surface area contributed by atoms with E-state index in [1.807, 2.05) is 24.5 Å². The molecule has 0 unspecified atom stereocenters. The first kappa shape index (κ1) is 24.9. The van der Waals surface area contributed by atoms with Crippen LogP contribution in [0.4, 0.5) is 10.1 Å². The van der Waals surface area contributed by atoms with E-state index >= 15 is 0 Å². The van der Waals surface area contributed by atoms with Gasteiger partial charge in [0.25, 0.3) is 0 Å². The van der Waals surface area contributed by atoms with Gasteiger partial charge < -0.3 is 14.8 Å². The molecule has 0 aliphatic rings. The van der Waals surface area contributed by atoms with Gasteiger partial charge in [0.05, 0.1) is 21.5 Å². The molecule has 5 rings (SSSR count). The van der Waals surface area contributed by atoms with Gasteiger partial charge in [-0.05, 0) is 49.6 Å². The zero-order valence-electron chi connectivity index (χ0n) is 19.8. The Kier molecular flexibility index (Phi) is 7.38. The third kappa shape index (κ3) is 5.17. The fraction of sp³-hybridized carbons (Fsp3) is 0.167. The number of hydrogen-bond donors (Lipinski definition) is 2. The molecule has 0 radical (unpaired) electrons. The minimum Gasteiger partial charge on any atom is -0.432 e. The number of nitrogens with one attached hydrogen (secondary N) is 1. The lowest BCUT2D eigenvalue weighted by Crippen LogP contribution is -2.33. The van der Waals surface area contributed by atoms with Crippen molar-refractivity contribution < 1.29 is 9.41 Å². The van der Waals surface area contributed by atoms with E-state index in [1.54, 1.807) is 42.8 Å². The van der Waals surface area contributed by atoms with Crippen LogP contribution in [0.15, 0.2) is 75.1 Å². The molecule has 2 aromatic carbocycles. The molecule has 0 aliphatic carbocycles. The Hall–Kier alpha value is -2.80. The normalized spacial score (nSPS) is 11.4. The Labute approximate surface area is 220 Å². The van der Waals surface area contributed by atoms with Gasteiger partial charge in [-0.25, -0.2) is 24.3 Å². The Bertz CT molecular complexity index is 1520. The van der Waals surface area contributed by atoms with Gasteiger partial charge in [0, 0.05) is 23.5 Å². The molecule has 2 N–H and O–H groups in total. The van der Waals surface area contributed by atoms with E-state index in [-0.39, 0.29) is 0 Å². The Morgan fingerprint density at radius 3 is 2.53 bits per heavy atom. The molecule has 0 saturated heterocycles. The molecular formula is C24H22BFN6OS3. The van der Waals surface area contributed by atoms with E-state index < -0.39 is 12.9 Å². The summed E-state index contributed by atoms with van der Waals surface area (Å²) in [6, 6.07) is 13.0. The van der Waals surface area contributed by atoms with Crippen molar-refractivity contribution in [1.82, 2.24) is 24.9 Å². The molecule has 7 nitrogen and oxygen atoms in total. The maximum Gasteiger partial charge on any atom is 0.409 e. The van der Waals surface area contributed by atoms with Crippen LogP contribution in [0, 0.1) is 5.82 Å². The van der Waals surface area contributed by atoms with Crippen LogP contribution in [0.5, 0.6) is 0 Å². The predicted molar refractivity (Wildman–Crippen MR) is 148 cm³/mol. The summed E-state index contributed by atoms with van der Waals surface area (Å²) in [5, 5.41) is 13.6. The number of halogens is 1. The van der Waals surface area contributed by atoms with Crippen LogP contribution in [-0.4, -0.2) is 50.3 Å². The third-order valence-electron chi connectivity index (χ3n) is 5.61. The molecule has 0 amide bonds. The van der Waals surface area contributed by atoms with Crippen molar-refractivity contribution in [3.8, 4) is 0 Å². The van der Waals surface area contributed by atoms with Crippen molar-refractivity contribution in [2.75, 3.05) is 18.1 Å².